The number of rotatable bonds is 6. The summed E-state index contributed by atoms with van der Waals surface area (Å²) in [5.41, 5.74) is 2.72. The van der Waals surface area contributed by atoms with Crippen LogP contribution < -0.4 is 4.74 Å². The highest BCUT2D eigenvalue weighted by Gasteiger charge is 2.30. The lowest BCUT2D eigenvalue weighted by Crippen LogP contribution is -2.53. The molecule has 5 rings (SSSR count). The molecular weight excluding hydrogens is 423 g/mol. The first-order chi connectivity index (χ1) is 15.3. The molecular formula is C25H35FN4OS. The van der Waals surface area contributed by atoms with Crippen molar-refractivity contribution in [2.24, 2.45) is 0 Å². The highest BCUT2D eigenvalue weighted by Crippen LogP contribution is 2.31. The van der Waals surface area contributed by atoms with Gasteiger partial charge in [0, 0.05) is 60.4 Å². The number of benzene rings is 1. The second-order valence-electron chi connectivity index (χ2n) is 9.60. The van der Waals surface area contributed by atoms with E-state index in [0.29, 0.717) is 18.7 Å². The first kappa shape index (κ1) is 23.2. The molecule has 1 saturated heterocycles. The Labute approximate surface area is 194 Å². The first-order valence-electron chi connectivity index (χ1n) is 11.6. The second-order valence-corrected chi connectivity index (χ2v) is 10.5. The Balaban J connectivity index is 0.000000165. The third-order valence-electron chi connectivity index (χ3n) is 6.11. The number of hydrogen-bond acceptors (Lipinski definition) is 5. The number of aromatic nitrogens is 2. The van der Waals surface area contributed by atoms with E-state index in [0.717, 1.165) is 31.2 Å². The van der Waals surface area contributed by atoms with E-state index < -0.39 is 5.67 Å². The van der Waals surface area contributed by atoms with Crippen LogP contribution in [0.2, 0.25) is 0 Å². The van der Waals surface area contributed by atoms with Crippen LogP contribution >= 0.6 is 11.3 Å². The van der Waals surface area contributed by atoms with Crippen LogP contribution in [0.25, 0.3) is 10.9 Å². The molecule has 0 bridgehead atoms. The molecule has 174 valence electrons. The molecule has 0 radical (unpaired) electrons. The maximum atomic E-state index is 13.9. The number of H-pyrrole nitrogens is 1. The summed E-state index contributed by atoms with van der Waals surface area (Å²) in [6, 6.07) is 8.81. The third kappa shape index (κ3) is 5.69. The van der Waals surface area contributed by atoms with E-state index in [1.807, 2.05) is 5.38 Å². The summed E-state index contributed by atoms with van der Waals surface area (Å²) in [5, 5.41) is 4.07. The molecule has 1 unspecified atom stereocenters. The van der Waals surface area contributed by atoms with Crippen LogP contribution in [0.15, 0.2) is 35.8 Å². The van der Waals surface area contributed by atoms with Crippen molar-refractivity contribution in [3.05, 3.63) is 47.1 Å². The molecule has 0 spiro atoms. The van der Waals surface area contributed by atoms with Gasteiger partial charge >= 0.3 is 0 Å². The van der Waals surface area contributed by atoms with Crippen molar-refractivity contribution in [3.8, 4) is 5.19 Å². The van der Waals surface area contributed by atoms with E-state index in [9.17, 15) is 4.39 Å². The van der Waals surface area contributed by atoms with Crippen LogP contribution in [0.3, 0.4) is 0 Å². The Bertz CT molecular complexity index is 991. The monoisotopic (exact) mass is 458 g/mol. The number of hydrogen-bond donors (Lipinski definition) is 1. The van der Waals surface area contributed by atoms with Gasteiger partial charge in [0.05, 0.1) is 0 Å². The molecule has 4 heterocycles. The van der Waals surface area contributed by atoms with Gasteiger partial charge in [0.1, 0.15) is 11.8 Å². The molecule has 2 aliphatic rings. The average Bonchev–Trinajstić information content (AvgIpc) is 3.34. The SMILES string of the molecule is CC1Cc2c([nH]c3ccccc23)CN1CC(C)(C)F.CCCN1CC(Oc2nccs2)C1. The molecule has 5 nitrogen and oxygen atoms in total. The minimum absolute atomic E-state index is 0.373. The van der Waals surface area contributed by atoms with Gasteiger partial charge in [-0.15, -0.1) is 0 Å². The summed E-state index contributed by atoms with van der Waals surface area (Å²) in [5.74, 6) is 0. The number of likely N-dealkylation sites (tertiary alicyclic amines) is 1. The normalized spacial score (nSPS) is 19.8. The minimum Gasteiger partial charge on any atom is -0.464 e. The molecule has 2 aliphatic heterocycles. The summed E-state index contributed by atoms with van der Waals surface area (Å²) in [6.45, 7) is 12.3. The fraction of sp³-hybridized carbons (Fsp3) is 0.560. The van der Waals surface area contributed by atoms with E-state index in [1.165, 1.54) is 35.1 Å². The summed E-state index contributed by atoms with van der Waals surface area (Å²) in [4.78, 5) is 12.2. The summed E-state index contributed by atoms with van der Waals surface area (Å²) >= 11 is 1.56. The standard InChI is InChI=1S/C16H21FN2.C9H14N2OS/c1-11-8-13-12-6-4-5-7-14(12)18-15(13)9-19(11)10-16(2,3)17;1-2-4-11-6-8(7-11)12-9-10-3-5-13-9/h4-7,11,18H,8-10H2,1-3H3;3,5,8H,2,4,6-7H2,1H3. The van der Waals surface area contributed by atoms with E-state index >= 15 is 0 Å². The van der Waals surface area contributed by atoms with Crippen LogP contribution in [0.4, 0.5) is 4.39 Å². The number of nitrogens with zero attached hydrogens (tertiary/aromatic N) is 3. The van der Waals surface area contributed by atoms with Crippen LogP contribution in [-0.4, -0.2) is 63.8 Å². The summed E-state index contributed by atoms with van der Waals surface area (Å²) < 4.78 is 19.5. The molecule has 1 fully saturated rings. The van der Waals surface area contributed by atoms with Crippen molar-refractivity contribution in [2.75, 3.05) is 26.2 Å². The number of ether oxygens (including phenoxy) is 1. The molecule has 2 aromatic heterocycles. The molecule has 3 aromatic rings. The number of aromatic amines is 1. The lowest BCUT2D eigenvalue weighted by Gasteiger charge is -2.38. The van der Waals surface area contributed by atoms with Crippen LogP contribution in [0, 0.1) is 0 Å². The minimum atomic E-state index is -1.14. The van der Waals surface area contributed by atoms with Gasteiger partial charge in [0.25, 0.3) is 5.19 Å². The van der Waals surface area contributed by atoms with E-state index in [2.05, 4.69) is 57.9 Å². The quantitative estimate of drug-likeness (QED) is 0.546. The van der Waals surface area contributed by atoms with E-state index in [-0.39, 0.29) is 0 Å². The number of para-hydroxylation sites is 1. The van der Waals surface area contributed by atoms with E-state index in [4.69, 9.17) is 4.74 Å². The maximum absolute atomic E-state index is 13.9. The molecule has 32 heavy (non-hydrogen) atoms. The molecule has 7 heteroatoms. The third-order valence-corrected chi connectivity index (χ3v) is 6.77. The van der Waals surface area contributed by atoms with Gasteiger partial charge in [0.15, 0.2) is 0 Å². The smallest absolute Gasteiger partial charge is 0.273 e. The largest absolute Gasteiger partial charge is 0.464 e. The number of thiazole rings is 1. The van der Waals surface area contributed by atoms with Crippen molar-refractivity contribution in [2.45, 2.75) is 64.9 Å². The average molecular weight is 459 g/mol. The lowest BCUT2D eigenvalue weighted by atomic mass is 9.96. The van der Waals surface area contributed by atoms with Gasteiger partial charge in [-0.3, -0.25) is 9.80 Å². The Hall–Kier alpha value is -1.96. The molecule has 0 aliphatic carbocycles. The molecule has 1 N–H and O–H groups in total. The van der Waals surface area contributed by atoms with Crippen molar-refractivity contribution < 1.29 is 9.13 Å². The van der Waals surface area contributed by atoms with E-state index in [1.54, 1.807) is 31.4 Å². The Kier molecular flexibility index (Phi) is 7.17. The van der Waals surface area contributed by atoms with Gasteiger partial charge in [-0.2, -0.15) is 0 Å². The lowest BCUT2D eigenvalue weighted by molar-refractivity contribution is 0.0201. The van der Waals surface area contributed by atoms with Gasteiger partial charge in [-0.25, -0.2) is 9.37 Å². The second kappa shape index (κ2) is 9.89. The summed E-state index contributed by atoms with van der Waals surface area (Å²) in [7, 11) is 0. The Morgan fingerprint density at radius 2 is 2.06 bits per heavy atom. The van der Waals surface area contributed by atoms with Gasteiger partial charge in [0.2, 0.25) is 0 Å². The molecule has 0 amide bonds. The highest BCUT2D eigenvalue weighted by atomic mass is 32.1. The highest BCUT2D eigenvalue weighted by molar-refractivity contribution is 7.11. The van der Waals surface area contributed by atoms with Crippen LogP contribution in [-0.2, 0) is 13.0 Å². The molecule has 1 aromatic carbocycles. The topological polar surface area (TPSA) is 44.4 Å². The fourth-order valence-electron chi connectivity index (χ4n) is 4.61. The molecule has 1 atom stereocenters. The molecule has 0 saturated carbocycles. The van der Waals surface area contributed by atoms with Crippen LogP contribution in [0.1, 0.15) is 45.4 Å². The fourth-order valence-corrected chi connectivity index (χ4v) is 5.16. The van der Waals surface area contributed by atoms with Crippen LogP contribution in [0.5, 0.6) is 5.19 Å². The Morgan fingerprint density at radius 3 is 2.75 bits per heavy atom. The first-order valence-corrected chi connectivity index (χ1v) is 12.5. The van der Waals surface area contributed by atoms with Crippen molar-refractivity contribution >= 4 is 22.2 Å². The van der Waals surface area contributed by atoms with Crippen molar-refractivity contribution in [1.82, 2.24) is 19.8 Å². The van der Waals surface area contributed by atoms with Crippen molar-refractivity contribution in [3.63, 3.8) is 0 Å². The number of fused-ring (bicyclic) bond motifs is 3. The Morgan fingerprint density at radius 1 is 1.28 bits per heavy atom. The number of nitrogens with one attached hydrogen (secondary N) is 1. The zero-order chi connectivity index (χ0) is 22.7. The number of halogens is 1. The maximum Gasteiger partial charge on any atom is 0.273 e. The number of alkyl halides is 1. The van der Waals surface area contributed by atoms with Crippen molar-refractivity contribution in [1.29, 1.82) is 0 Å². The van der Waals surface area contributed by atoms with Gasteiger partial charge in [-0.05, 0) is 51.8 Å². The summed E-state index contributed by atoms with van der Waals surface area (Å²) in [6.07, 6.45) is 4.37. The zero-order valence-electron chi connectivity index (χ0n) is 19.6. The predicted octanol–water partition coefficient (Wildman–Crippen LogP) is 5.28. The zero-order valence-corrected chi connectivity index (χ0v) is 20.4. The van der Waals surface area contributed by atoms with Gasteiger partial charge < -0.3 is 9.72 Å². The van der Waals surface area contributed by atoms with Gasteiger partial charge in [-0.1, -0.05) is 36.5 Å². The predicted molar refractivity (Wildman–Crippen MR) is 130 cm³/mol.